The zero-order valence-electron chi connectivity index (χ0n) is 28.7. The topological polar surface area (TPSA) is 148 Å². The standard InChI is InChI=1S/C42H30N12/c1-7-19-31(20-8-1)43-49-37-38(50-44-32-21-9-2-10-22-32)40(52-46-34-25-13-4-14-26-34)42(54-48-36-29-17-6-18-30-36)41(53-47-35-27-15-5-16-28-35)39(37)51-45-33-23-11-3-12-24-33/h1-30H. The number of hydrogen-bond donors (Lipinski definition) is 0. The van der Waals surface area contributed by atoms with E-state index in [1.54, 1.807) is 0 Å². The molecule has 12 nitrogen and oxygen atoms in total. The number of benzene rings is 7. The van der Waals surface area contributed by atoms with Gasteiger partial charge in [0, 0.05) is 0 Å². The van der Waals surface area contributed by atoms with E-state index in [2.05, 4.69) is 30.7 Å². The lowest BCUT2D eigenvalue weighted by Crippen LogP contribution is -1.80. The van der Waals surface area contributed by atoms with Gasteiger partial charge in [0.05, 0.1) is 34.1 Å². The van der Waals surface area contributed by atoms with Crippen molar-refractivity contribution in [1.29, 1.82) is 0 Å². The van der Waals surface area contributed by atoms with Crippen molar-refractivity contribution in [3.63, 3.8) is 0 Å². The first-order valence-corrected chi connectivity index (χ1v) is 16.8. The molecule has 54 heavy (non-hydrogen) atoms. The molecule has 0 aromatic heterocycles. The first kappa shape index (κ1) is 34.6. The Hall–Kier alpha value is -7.86. The molecule has 0 heterocycles. The summed E-state index contributed by atoms with van der Waals surface area (Å²) in [5, 5.41) is 55.8. The highest BCUT2D eigenvalue weighted by molar-refractivity contribution is 6.00. The summed E-state index contributed by atoms with van der Waals surface area (Å²) in [6.07, 6.45) is 0. The van der Waals surface area contributed by atoms with Crippen LogP contribution in [0.5, 0.6) is 0 Å². The van der Waals surface area contributed by atoms with Gasteiger partial charge in [0.15, 0.2) is 0 Å². The van der Waals surface area contributed by atoms with Crippen molar-refractivity contribution in [2.75, 3.05) is 0 Å². The van der Waals surface area contributed by atoms with Crippen LogP contribution in [0.25, 0.3) is 0 Å². The Balaban J connectivity index is 1.58. The SMILES string of the molecule is c1ccc(N=Nc2c(N=Nc3ccccc3)c(N=Nc3ccccc3)c(N=Nc3ccccc3)c(N=Nc3ccccc3)c2N=Nc2ccccc2)cc1. The molecule has 12 heteroatoms. The number of rotatable bonds is 12. The van der Waals surface area contributed by atoms with Crippen LogP contribution in [0.1, 0.15) is 0 Å². The summed E-state index contributed by atoms with van der Waals surface area (Å²) in [6.45, 7) is 0. The normalized spacial score (nSPS) is 12.0. The van der Waals surface area contributed by atoms with Crippen LogP contribution in [0.3, 0.4) is 0 Å². The molecule has 7 aromatic carbocycles. The van der Waals surface area contributed by atoms with Crippen molar-refractivity contribution < 1.29 is 0 Å². The molecule has 7 aromatic rings. The van der Waals surface area contributed by atoms with Crippen molar-refractivity contribution in [3.05, 3.63) is 182 Å². The molecular weight excluding hydrogens is 673 g/mol. The Morgan fingerprint density at radius 1 is 0.148 bits per heavy atom. The summed E-state index contributed by atoms with van der Waals surface area (Å²) in [4.78, 5) is 0. The zero-order chi connectivity index (χ0) is 36.6. The molecule has 0 saturated carbocycles. The van der Waals surface area contributed by atoms with Crippen LogP contribution < -0.4 is 0 Å². The Labute approximate surface area is 310 Å². The molecule has 0 bridgehead atoms. The van der Waals surface area contributed by atoms with Crippen LogP contribution in [-0.4, -0.2) is 0 Å². The average Bonchev–Trinajstić information content (AvgIpc) is 3.24. The molecule has 0 unspecified atom stereocenters. The van der Waals surface area contributed by atoms with Gasteiger partial charge in [0.25, 0.3) is 0 Å². The summed E-state index contributed by atoms with van der Waals surface area (Å²) < 4.78 is 0. The van der Waals surface area contributed by atoms with Crippen molar-refractivity contribution in [1.82, 2.24) is 0 Å². The minimum atomic E-state index is 0.154. The zero-order valence-corrected chi connectivity index (χ0v) is 28.7. The summed E-state index contributed by atoms with van der Waals surface area (Å²) in [5.74, 6) is 0. The Kier molecular flexibility index (Phi) is 11.4. The molecule has 0 fully saturated rings. The summed E-state index contributed by atoms with van der Waals surface area (Å²) in [7, 11) is 0. The third-order valence-electron chi connectivity index (χ3n) is 7.48. The van der Waals surface area contributed by atoms with E-state index in [-0.39, 0.29) is 34.1 Å². The lowest BCUT2D eigenvalue weighted by molar-refractivity contribution is 1.11. The molecule has 0 spiro atoms. The summed E-state index contributed by atoms with van der Waals surface area (Å²) in [5.41, 5.74) is 4.43. The molecule has 0 saturated heterocycles. The van der Waals surface area contributed by atoms with E-state index >= 15 is 0 Å². The lowest BCUT2D eigenvalue weighted by Gasteiger charge is -2.12. The number of azo groups is 6. The van der Waals surface area contributed by atoms with Crippen LogP contribution in [0.4, 0.5) is 68.2 Å². The molecule has 258 valence electrons. The molecule has 0 radical (unpaired) electrons. The number of hydrogen-bond acceptors (Lipinski definition) is 12. The minimum absolute atomic E-state index is 0.154. The maximum atomic E-state index is 4.73. The van der Waals surface area contributed by atoms with E-state index in [0.29, 0.717) is 34.1 Å². The van der Waals surface area contributed by atoms with E-state index in [4.69, 9.17) is 30.7 Å². The Morgan fingerprint density at radius 3 is 0.407 bits per heavy atom. The van der Waals surface area contributed by atoms with Gasteiger partial charge in [-0.3, -0.25) is 0 Å². The van der Waals surface area contributed by atoms with E-state index < -0.39 is 0 Å². The van der Waals surface area contributed by atoms with Crippen molar-refractivity contribution in [2.45, 2.75) is 0 Å². The number of nitrogens with zero attached hydrogens (tertiary/aromatic N) is 12. The molecule has 0 N–H and O–H groups in total. The Morgan fingerprint density at radius 2 is 0.278 bits per heavy atom. The molecule has 7 rings (SSSR count). The average molecular weight is 703 g/mol. The van der Waals surface area contributed by atoms with Crippen LogP contribution in [0.15, 0.2) is 243 Å². The van der Waals surface area contributed by atoms with Gasteiger partial charge in [-0.1, -0.05) is 109 Å². The van der Waals surface area contributed by atoms with Gasteiger partial charge in [-0.25, -0.2) is 0 Å². The van der Waals surface area contributed by atoms with Gasteiger partial charge in [0.2, 0.25) is 0 Å². The van der Waals surface area contributed by atoms with E-state index in [0.717, 1.165) is 0 Å². The molecule has 0 aliphatic carbocycles. The van der Waals surface area contributed by atoms with Gasteiger partial charge in [-0.2, -0.15) is 30.7 Å². The molecule has 0 aliphatic rings. The second-order valence-corrected chi connectivity index (χ2v) is 11.3. The van der Waals surface area contributed by atoms with E-state index in [1.807, 2.05) is 182 Å². The predicted molar refractivity (Wildman–Crippen MR) is 210 cm³/mol. The largest absolute Gasteiger partial charge is 0.150 e. The predicted octanol–water partition coefficient (Wildman–Crippen LogP) is 16.2. The summed E-state index contributed by atoms with van der Waals surface area (Å²) in [6, 6.07) is 55.7. The van der Waals surface area contributed by atoms with Crippen LogP contribution in [0, 0.1) is 0 Å². The van der Waals surface area contributed by atoms with Crippen molar-refractivity contribution in [3.8, 4) is 0 Å². The highest BCUT2D eigenvalue weighted by atomic mass is 15.2. The van der Waals surface area contributed by atoms with Crippen LogP contribution in [0.2, 0.25) is 0 Å². The highest BCUT2D eigenvalue weighted by Crippen LogP contribution is 2.59. The van der Waals surface area contributed by atoms with Gasteiger partial charge >= 0.3 is 0 Å². The van der Waals surface area contributed by atoms with Gasteiger partial charge in [-0.05, 0) is 72.8 Å². The van der Waals surface area contributed by atoms with E-state index in [9.17, 15) is 0 Å². The van der Waals surface area contributed by atoms with Gasteiger partial charge in [-0.15, -0.1) is 30.7 Å². The third-order valence-corrected chi connectivity index (χ3v) is 7.48. The van der Waals surface area contributed by atoms with Crippen molar-refractivity contribution in [2.24, 2.45) is 61.4 Å². The second-order valence-electron chi connectivity index (χ2n) is 11.3. The molecular formula is C42H30N12. The maximum Gasteiger partial charge on any atom is 0.145 e. The van der Waals surface area contributed by atoms with Crippen LogP contribution >= 0.6 is 0 Å². The quantitative estimate of drug-likeness (QED) is 0.111. The third kappa shape index (κ3) is 9.27. The first-order chi connectivity index (χ1) is 26.8. The summed E-state index contributed by atoms with van der Waals surface area (Å²) >= 11 is 0. The molecule has 0 atom stereocenters. The lowest BCUT2D eigenvalue weighted by atomic mass is 10.1. The smallest absolute Gasteiger partial charge is 0.145 e. The Bertz CT molecular complexity index is 1980. The minimum Gasteiger partial charge on any atom is -0.150 e. The fourth-order valence-corrected chi connectivity index (χ4v) is 4.86. The second kappa shape index (κ2) is 17.9. The monoisotopic (exact) mass is 702 g/mol. The molecule has 0 amide bonds. The fourth-order valence-electron chi connectivity index (χ4n) is 4.86. The van der Waals surface area contributed by atoms with Crippen molar-refractivity contribution >= 4 is 68.2 Å². The van der Waals surface area contributed by atoms with E-state index in [1.165, 1.54) is 0 Å². The first-order valence-electron chi connectivity index (χ1n) is 16.8. The van der Waals surface area contributed by atoms with Gasteiger partial charge < -0.3 is 0 Å². The molecule has 0 aliphatic heterocycles. The fraction of sp³-hybridized carbons (Fsp3) is 0. The maximum absolute atomic E-state index is 4.73. The van der Waals surface area contributed by atoms with Gasteiger partial charge in [0.1, 0.15) is 34.1 Å². The van der Waals surface area contributed by atoms with Crippen LogP contribution in [-0.2, 0) is 0 Å². The highest BCUT2D eigenvalue weighted by Gasteiger charge is 2.27.